The number of rotatable bonds is 9. The molecule has 1 aromatic heterocycles. The average Bonchev–Trinajstić information content (AvgIpc) is 3.16. The molecule has 2 aromatic rings. The Kier molecular flexibility index (Phi) is 11.3. The summed E-state index contributed by atoms with van der Waals surface area (Å²) in [6.07, 6.45) is 0. The lowest BCUT2D eigenvalue weighted by Gasteiger charge is -2.21. The van der Waals surface area contributed by atoms with Gasteiger partial charge in [0, 0.05) is 39.1 Å². The Morgan fingerprint density at radius 1 is 1.17 bits per heavy atom. The highest BCUT2D eigenvalue weighted by Gasteiger charge is 2.09. The van der Waals surface area contributed by atoms with E-state index in [4.69, 9.17) is 0 Å². The molecule has 0 atom stereocenters. The van der Waals surface area contributed by atoms with E-state index < -0.39 is 0 Å². The third kappa shape index (κ3) is 7.61. The van der Waals surface area contributed by atoms with Crippen molar-refractivity contribution in [1.82, 2.24) is 15.6 Å². The highest BCUT2D eigenvalue weighted by atomic mass is 127. The highest BCUT2D eigenvalue weighted by molar-refractivity contribution is 14.0. The van der Waals surface area contributed by atoms with Gasteiger partial charge in [0.1, 0.15) is 5.82 Å². The molecule has 0 aliphatic heterocycles. The van der Waals surface area contributed by atoms with Gasteiger partial charge in [0.2, 0.25) is 0 Å². The van der Waals surface area contributed by atoms with Crippen LogP contribution in [0.5, 0.6) is 0 Å². The number of hydrogen-bond donors (Lipinski definition) is 2. The summed E-state index contributed by atoms with van der Waals surface area (Å²) in [5.74, 6) is 0.489. The first-order valence-corrected chi connectivity index (χ1v) is 10.5. The average molecular weight is 534 g/mol. The van der Waals surface area contributed by atoms with Crippen LogP contribution in [0.2, 0.25) is 0 Å². The Bertz CT molecular complexity index is 776. The predicted molar refractivity (Wildman–Crippen MR) is 133 cm³/mol. The zero-order valence-electron chi connectivity index (χ0n) is 17.8. The van der Waals surface area contributed by atoms with Crippen molar-refractivity contribution in [3.05, 3.63) is 40.7 Å². The molecule has 0 spiro atoms. The fraction of sp³-hybridized carbons (Fsp3) is 0.500. The summed E-state index contributed by atoms with van der Waals surface area (Å²) in [6, 6.07) is 5.35. The van der Waals surface area contributed by atoms with E-state index in [0.29, 0.717) is 24.7 Å². The van der Waals surface area contributed by atoms with Gasteiger partial charge >= 0.3 is 0 Å². The minimum Gasteiger partial charge on any atom is -0.370 e. The number of halogens is 2. The van der Waals surface area contributed by atoms with Crippen LogP contribution < -0.4 is 20.4 Å². The predicted octanol–water partition coefficient (Wildman–Crippen LogP) is 4.07. The number of thiazole rings is 1. The maximum atomic E-state index is 14.5. The van der Waals surface area contributed by atoms with Crippen molar-refractivity contribution in [1.29, 1.82) is 0 Å². The second-order valence-electron chi connectivity index (χ2n) is 6.52. The van der Waals surface area contributed by atoms with E-state index >= 15 is 0 Å². The maximum Gasteiger partial charge on any atom is 0.191 e. The van der Waals surface area contributed by atoms with Crippen LogP contribution in [0.25, 0.3) is 0 Å². The monoisotopic (exact) mass is 534 g/mol. The Balaban J connectivity index is 0.00000420. The minimum absolute atomic E-state index is 0. The Morgan fingerprint density at radius 2 is 1.90 bits per heavy atom. The molecule has 29 heavy (non-hydrogen) atoms. The van der Waals surface area contributed by atoms with Crippen LogP contribution in [0, 0.1) is 5.82 Å². The van der Waals surface area contributed by atoms with Gasteiger partial charge in [0.25, 0.3) is 0 Å². The van der Waals surface area contributed by atoms with Gasteiger partial charge in [0.15, 0.2) is 11.1 Å². The summed E-state index contributed by atoms with van der Waals surface area (Å²) in [4.78, 5) is 13.1. The summed E-state index contributed by atoms with van der Waals surface area (Å²) >= 11 is 1.61. The first kappa shape index (κ1) is 25.4. The molecule has 9 heteroatoms. The van der Waals surface area contributed by atoms with Gasteiger partial charge < -0.3 is 20.4 Å². The van der Waals surface area contributed by atoms with Crippen LogP contribution in [0.3, 0.4) is 0 Å². The van der Waals surface area contributed by atoms with Gasteiger partial charge in [-0.25, -0.2) is 14.4 Å². The summed E-state index contributed by atoms with van der Waals surface area (Å²) in [7, 11) is 3.96. The minimum atomic E-state index is -0.201. The van der Waals surface area contributed by atoms with E-state index in [0.717, 1.165) is 36.0 Å². The molecule has 2 N–H and O–H groups in total. The molecule has 6 nitrogen and oxygen atoms in total. The molecule has 0 unspecified atom stereocenters. The van der Waals surface area contributed by atoms with Crippen LogP contribution in [0.15, 0.2) is 28.6 Å². The molecule has 0 bridgehead atoms. The molecule has 0 aliphatic rings. The van der Waals surface area contributed by atoms with Crippen LogP contribution in [0.1, 0.15) is 32.0 Å². The van der Waals surface area contributed by atoms with E-state index in [-0.39, 0.29) is 29.8 Å². The molecular formula is C20H32FIN6S. The second-order valence-corrected chi connectivity index (χ2v) is 7.36. The Hall–Kier alpha value is -1.62. The fourth-order valence-electron chi connectivity index (χ4n) is 2.74. The van der Waals surface area contributed by atoms with Crippen molar-refractivity contribution in [3.8, 4) is 0 Å². The number of benzene rings is 1. The summed E-state index contributed by atoms with van der Waals surface area (Å²) in [5, 5.41) is 9.51. The van der Waals surface area contributed by atoms with Crippen molar-refractivity contribution < 1.29 is 4.39 Å². The number of nitrogens with zero attached hydrogens (tertiary/aromatic N) is 4. The van der Waals surface area contributed by atoms with Crippen LogP contribution in [-0.2, 0) is 13.1 Å². The van der Waals surface area contributed by atoms with Crippen molar-refractivity contribution in [2.75, 3.05) is 43.5 Å². The van der Waals surface area contributed by atoms with E-state index in [1.54, 1.807) is 17.4 Å². The number of guanidine groups is 1. The van der Waals surface area contributed by atoms with Crippen LogP contribution >= 0.6 is 35.3 Å². The van der Waals surface area contributed by atoms with Crippen LogP contribution in [-0.4, -0.2) is 44.7 Å². The van der Waals surface area contributed by atoms with Gasteiger partial charge in [-0.3, -0.25) is 0 Å². The molecule has 162 valence electrons. The zero-order valence-corrected chi connectivity index (χ0v) is 21.0. The lowest BCUT2D eigenvalue weighted by atomic mass is 10.2. The zero-order chi connectivity index (χ0) is 20.5. The molecule has 2 rings (SSSR count). The third-order valence-electron chi connectivity index (χ3n) is 4.24. The van der Waals surface area contributed by atoms with E-state index in [9.17, 15) is 4.39 Å². The molecule has 1 aromatic carbocycles. The quantitative estimate of drug-likeness (QED) is 0.289. The smallest absolute Gasteiger partial charge is 0.191 e. The lowest BCUT2D eigenvalue weighted by Crippen LogP contribution is -2.36. The topological polar surface area (TPSA) is 55.8 Å². The molecule has 0 aliphatic carbocycles. The number of hydrogen-bond acceptors (Lipinski definition) is 5. The normalized spacial score (nSPS) is 11.0. The van der Waals surface area contributed by atoms with Gasteiger partial charge in [-0.15, -0.1) is 35.3 Å². The lowest BCUT2D eigenvalue weighted by molar-refractivity contribution is 0.617. The molecule has 0 saturated heterocycles. The van der Waals surface area contributed by atoms with Crippen LogP contribution in [0.4, 0.5) is 15.2 Å². The Morgan fingerprint density at radius 3 is 2.45 bits per heavy atom. The first-order valence-electron chi connectivity index (χ1n) is 9.65. The molecule has 0 radical (unpaired) electrons. The standard InChI is InChI=1S/C20H31FN6S.HI/c1-6-22-19(24-13-16-14-28-20(25-16)26(4)5)23-12-15-9-10-18(17(21)11-15)27(7-2)8-3;/h9-11,14H,6-8,12-13H2,1-5H3,(H2,22,23,24);1H. The number of aromatic nitrogens is 1. The van der Waals surface area contributed by atoms with E-state index in [2.05, 4.69) is 20.6 Å². The SMILES string of the molecule is CCNC(=NCc1ccc(N(CC)CC)c(F)c1)NCc1csc(N(C)C)n1.I. The summed E-state index contributed by atoms with van der Waals surface area (Å²) in [5.41, 5.74) is 2.45. The molecular weight excluding hydrogens is 502 g/mol. The summed E-state index contributed by atoms with van der Waals surface area (Å²) in [6.45, 7) is 9.38. The van der Waals surface area contributed by atoms with Gasteiger partial charge in [-0.1, -0.05) is 6.07 Å². The largest absolute Gasteiger partial charge is 0.370 e. The van der Waals surface area contributed by atoms with Gasteiger partial charge in [-0.2, -0.15) is 0 Å². The van der Waals surface area contributed by atoms with Gasteiger partial charge in [-0.05, 0) is 38.5 Å². The number of nitrogens with one attached hydrogen (secondary N) is 2. The molecule has 0 fully saturated rings. The molecule has 0 amide bonds. The van der Waals surface area contributed by atoms with E-state index in [1.165, 1.54) is 0 Å². The van der Waals surface area contributed by atoms with Crippen molar-refractivity contribution in [3.63, 3.8) is 0 Å². The number of aliphatic imine (C=N–C) groups is 1. The number of anilines is 2. The highest BCUT2D eigenvalue weighted by Crippen LogP contribution is 2.21. The molecule has 1 heterocycles. The van der Waals surface area contributed by atoms with Crippen molar-refractivity contribution in [2.45, 2.75) is 33.9 Å². The Labute approximate surface area is 194 Å². The van der Waals surface area contributed by atoms with E-state index in [1.807, 2.05) is 62.2 Å². The van der Waals surface area contributed by atoms with Gasteiger partial charge in [0.05, 0.1) is 24.5 Å². The first-order chi connectivity index (χ1) is 13.5. The fourth-order valence-corrected chi connectivity index (χ4v) is 3.50. The summed E-state index contributed by atoms with van der Waals surface area (Å²) < 4.78 is 14.5. The van der Waals surface area contributed by atoms with Crippen molar-refractivity contribution in [2.24, 2.45) is 4.99 Å². The second kappa shape index (κ2) is 12.8. The van der Waals surface area contributed by atoms with Crippen molar-refractivity contribution >= 4 is 52.1 Å². The third-order valence-corrected chi connectivity index (χ3v) is 5.30. The molecule has 0 saturated carbocycles. The maximum absolute atomic E-state index is 14.5.